The monoisotopic (exact) mass is 602 g/mol. The van der Waals surface area contributed by atoms with E-state index in [1.807, 2.05) is 13.8 Å². The van der Waals surface area contributed by atoms with Crippen LogP contribution in [-0.4, -0.2) is 47.1 Å². The lowest BCUT2D eigenvalue weighted by Crippen LogP contribution is -2.63. The van der Waals surface area contributed by atoms with Crippen LogP contribution in [0.15, 0.2) is 17.8 Å². The molecule has 2 saturated heterocycles. The molecular formula is C33H36F2N6OS. The van der Waals surface area contributed by atoms with E-state index in [0.29, 0.717) is 58.1 Å². The molecule has 43 heavy (non-hydrogen) atoms. The van der Waals surface area contributed by atoms with Crippen molar-refractivity contribution < 1.29 is 13.5 Å². The summed E-state index contributed by atoms with van der Waals surface area (Å²) in [7, 11) is 0. The highest BCUT2D eigenvalue weighted by atomic mass is 32.1. The van der Waals surface area contributed by atoms with Crippen molar-refractivity contribution in [3.63, 3.8) is 0 Å². The molecule has 1 atom stereocenters. The van der Waals surface area contributed by atoms with Crippen molar-refractivity contribution in [1.82, 2.24) is 14.9 Å². The van der Waals surface area contributed by atoms with E-state index in [2.05, 4.69) is 15.9 Å². The minimum atomic E-state index is -0.503. The van der Waals surface area contributed by atoms with Crippen molar-refractivity contribution in [3.05, 3.63) is 56.4 Å². The summed E-state index contributed by atoms with van der Waals surface area (Å²) < 4.78 is 38.2. The first kappa shape index (κ1) is 28.4. The molecule has 3 fully saturated rings. The first-order valence-corrected chi connectivity index (χ1v) is 16.0. The first-order valence-electron chi connectivity index (χ1n) is 15.2. The van der Waals surface area contributed by atoms with Gasteiger partial charge in [0, 0.05) is 54.9 Å². The van der Waals surface area contributed by atoms with Gasteiger partial charge in [-0.1, -0.05) is 25.0 Å². The number of rotatable bonds is 6. The number of halogens is 2. The normalized spacial score (nSPS) is 22.0. The number of likely N-dealkylation sites (tertiary alicyclic amines) is 1. The lowest BCUT2D eigenvalue weighted by atomic mass is 9.63. The number of anilines is 2. The van der Waals surface area contributed by atoms with E-state index >= 15 is 8.78 Å². The van der Waals surface area contributed by atoms with Crippen LogP contribution < -0.4 is 10.6 Å². The number of nitriles is 1. The van der Waals surface area contributed by atoms with Crippen molar-refractivity contribution in [2.75, 3.05) is 36.8 Å². The summed E-state index contributed by atoms with van der Waals surface area (Å²) in [5.41, 5.74) is 10.7. The molecule has 0 bridgehead atoms. The number of ether oxygens (including phenoxy) is 1. The molecule has 7 rings (SSSR count). The number of nitrogens with two attached hydrogens (primary N) is 1. The highest BCUT2D eigenvalue weighted by Gasteiger charge is 2.50. The van der Waals surface area contributed by atoms with Crippen LogP contribution in [0.2, 0.25) is 0 Å². The number of aromatic nitrogens is 2. The van der Waals surface area contributed by atoms with Crippen LogP contribution in [0.1, 0.15) is 85.6 Å². The van der Waals surface area contributed by atoms with E-state index in [0.717, 1.165) is 42.0 Å². The number of nitrogens with zero attached hydrogens (tertiary/aromatic N) is 5. The Morgan fingerprint density at radius 3 is 2.72 bits per heavy atom. The minimum Gasteiger partial charge on any atom is -0.389 e. The smallest absolute Gasteiger partial charge is 0.226 e. The number of hydrogen-bond donors (Lipinski definition) is 1. The molecule has 1 aliphatic carbocycles. The molecule has 1 spiro atoms. The van der Waals surface area contributed by atoms with E-state index < -0.39 is 11.6 Å². The van der Waals surface area contributed by atoms with Gasteiger partial charge >= 0.3 is 0 Å². The van der Waals surface area contributed by atoms with Crippen LogP contribution in [0.4, 0.5) is 19.7 Å². The third-order valence-electron chi connectivity index (χ3n) is 10.1. The zero-order chi connectivity index (χ0) is 30.0. The lowest BCUT2D eigenvalue weighted by Gasteiger charge is -2.58. The average Bonchev–Trinajstić information content (AvgIpc) is 3.72. The topological polar surface area (TPSA) is 91.3 Å². The predicted molar refractivity (Wildman–Crippen MR) is 167 cm³/mol. The molecule has 224 valence electrons. The zero-order valence-electron chi connectivity index (χ0n) is 24.9. The van der Waals surface area contributed by atoms with E-state index in [4.69, 9.17) is 20.4 Å². The van der Waals surface area contributed by atoms with E-state index in [9.17, 15) is 5.26 Å². The maximum atomic E-state index is 17.1. The fourth-order valence-corrected chi connectivity index (χ4v) is 8.42. The number of allylic oxidation sites excluding steroid dienone is 2. The first-order chi connectivity index (χ1) is 20.8. The van der Waals surface area contributed by atoms with E-state index in [1.54, 1.807) is 13.1 Å². The molecule has 2 aromatic heterocycles. The van der Waals surface area contributed by atoms with Crippen LogP contribution in [0.5, 0.6) is 0 Å². The zero-order valence-corrected chi connectivity index (χ0v) is 25.7. The molecule has 0 amide bonds. The summed E-state index contributed by atoms with van der Waals surface area (Å²) >= 11 is 1.01. The fraction of sp³-hybridized carbons (Fsp3) is 0.485. The maximum Gasteiger partial charge on any atom is 0.226 e. The quantitative estimate of drug-likeness (QED) is 0.327. The SMILES string of the molecule is C/C=C(/F)c1sc(N)c(C#N)c1/C(=C(\C)CC)c1c2c(c3cnc(N4CCC(N5CC6(CCC6)C5)C4)nc3c1F)COC2. The van der Waals surface area contributed by atoms with Crippen LogP contribution in [-0.2, 0) is 18.0 Å². The average molecular weight is 603 g/mol. The molecule has 7 nitrogen and oxygen atoms in total. The Hall–Kier alpha value is -3.39. The summed E-state index contributed by atoms with van der Waals surface area (Å²) in [6.07, 6.45) is 8.75. The fourth-order valence-electron chi connectivity index (χ4n) is 7.43. The number of fused-ring (bicyclic) bond motifs is 3. The van der Waals surface area contributed by atoms with Crippen molar-refractivity contribution in [1.29, 1.82) is 5.26 Å². The van der Waals surface area contributed by atoms with E-state index in [1.165, 1.54) is 38.4 Å². The van der Waals surface area contributed by atoms with Crippen LogP contribution in [0.25, 0.3) is 22.3 Å². The van der Waals surface area contributed by atoms with E-state index in [-0.39, 0.29) is 27.6 Å². The summed E-state index contributed by atoms with van der Waals surface area (Å²) in [5.74, 6) is -0.479. The molecule has 5 heterocycles. The Morgan fingerprint density at radius 2 is 2.05 bits per heavy atom. The second kappa shape index (κ2) is 10.7. The van der Waals surface area contributed by atoms with Crippen molar-refractivity contribution in [2.45, 2.75) is 72.1 Å². The molecule has 1 aromatic carbocycles. The number of thiophene rings is 1. The van der Waals surface area contributed by atoms with Crippen molar-refractivity contribution in [2.24, 2.45) is 5.41 Å². The number of hydrogen-bond acceptors (Lipinski definition) is 8. The Morgan fingerprint density at radius 1 is 1.28 bits per heavy atom. The standard InChI is InChI=1S/C33H36F2N6OS/c1-4-18(3)25(27-20(11-36)31(37)43-30(27)24(34)5-2)26-23-15-42-14-22(23)21-12-38-32(39-29(21)28(26)35)40-10-7-19(13-40)41-16-33(17-41)8-6-9-33/h5,12,19H,4,6-10,13-17,37H2,1-3H3/b24-5+,25-18+. The molecule has 1 unspecified atom stereocenters. The van der Waals surface area contributed by atoms with Gasteiger partial charge < -0.3 is 15.4 Å². The Labute approximate surface area is 254 Å². The summed E-state index contributed by atoms with van der Waals surface area (Å²) in [5, 5.41) is 10.9. The molecular weight excluding hydrogens is 566 g/mol. The maximum absolute atomic E-state index is 17.1. The van der Waals surface area contributed by atoms with Gasteiger partial charge in [-0.2, -0.15) is 5.26 Å². The molecule has 3 aromatic rings. The molecule has 2 N–H and O–H groups in total. The van der Waals surface area contributed by atoms with Crippen molar-refractivity contribution in [3.8, 4) is 6.07 Å². The second-order valence-corrected chi connectivity index (χ2v) is 13.6. The van der Waals surface area contributed by atoms with Gasteiger partial charge in [0.15, 0.2) is 5.82 Å². The molecule has 0 radical (unpaired) electrons. The second-order valence-electron chi connectivity index (χ2n) is 12.5. The minimum absolute atomic E-state index is 0.160. The van der Waals surface area contributed by atoms with Crippen LogP contribution >= 0.6 is 11.3 Å². The largest absolute Gasteiger partial charge is 0.389 e. The molecule has 1 saturated carbocycles. The van der Waals surface area contributed by atoms with Gasteiger partial charge in [0.1, 0.15) is 22.4 Å². The Kier molecular flexibility index (Phi) is 7.03. The number of nitrogen functional groups attached to an aromatic ring is 1. The van der Waals surface area contributed by atoms with Crippen LogP contribution in [0, 0.1) is 22.6 Å². The van der Waals surface area contributed by atoms with Gasteiger partial charge in [-0.25, -0.2) is 18.7 Å². The summed E-state index contributed by atoms with van der Waals surface area (Å²) in [6.45, 7) is 9.99. The molecule has 10 heteroatoms. The molecule has 3 aliphatic heterocycles. The summed E-state index contributed by atoms with van der Waals surface area (Å²) in [6, 6.07) is 2.63. The Bertz CT molecular complexity index is 1740. The van der Waals surface area contributed by atoms with Gasteiger partial charge in [-0.15, -0.1) is 11.3 Å². The Balaban J connectivity index is 1.34. The third-order valence-corrected chi connectivity index (χ3v) is 11.1. The summed E-state index contributed by atoms with van der Waals surface area (Å²) in [4.78, 5) is 14.5. The highest BCUT2D eigenvalue weighted by molar-refractivity contribution is 7.17. The van der Waals surface area contributed by atoms with Gasteiger partial charge in [-0.05, 0) is 61.6 Å². The van der Waals surface area contributed by atoms with Gasteiger partial charge in [0.25, 0.3) is 0 Å². The lowest BCUT2D eigenvalue weighted by molar-refractivity contribution is -0.0786. The third kappa shape index (κ3) is 4.39. The van der Waals surface area contributed by atoms with Gasteiger partial charge in [-0.3, -0.25) is 4.90 Å². The number of benzene rings is 1. The highest BCUT2D eigenvalue weighted by Crippen LogP contribution is 2.50. The van der Waals surface area contributed by atoms with Gasteiger partial charge in [0.2, 0.25) is 5.95 Å². The van der Waals surface area contributed by atoms with Crippen molar-refractivity contribution >= 4 is 44.6 Å². The van der Waals surface area contributed by atoms with Gasteiger partial charge in [0.05, 0.1) is 23.7 Å². The predicted octanol–water partition coefficient (Wildman–Crippen LogP) is 6.94. The molecule has 4 aliphatic rings. The van der Waals surface area contributed by atoms with Crippen LogP contribution in [0.3, 0.4) is 0 Å².